The van der Waals surface area contributed by atoms with Gasteiger partial charge in [0, 0.05) is 38.5 Å². The van der Waals surface area contributed by atoms with Gasteiger partial charge >= 0.3 is 0 Å². The highest BCUT2D eigenvalue weighted by Crippen LogP contribution is 2.31. The number of benzene rings is 1. The molecule has 2 fully saturated rings. The molecule has 1 spiro atoms. The quantitative estimate of drug-likeness (QED) is 0.764. The van der Waals surface area contributed by atoms with Crippen molar-refractivity contribution in [2.45, 2.75) is 25.3 Å². The van der Waals surface area contributed by atoms with E-state index in [1.54, 1.807) is 7.11 Å². The molecule has 7 nitrogen and oxygen atoms in total. The first-order valence-electron chi connectivity index (χ1n) is 8.89. The predicted molar refractivity (Wildman–Crippen MR) is 99.5 cm³/mol. The maximum Gasteiger partial charge on any atom is 0.199 e. The number of rotatable bonds is 4. The Balaban J connectivity index is 1.48. The predicted octanol–water partition coefficient (Wildman–Crippen LogP) is 2.42. The molecule has 2 saturated heterocycles. The summed E-state index contributed by atoms with van der Waals surface area (Å²) in [6.07, 6.45) is 1.77. The van der Waals surface area contributed by atoms with Gasteiger partial charge < -0.3 is 18.8 Å². The Kier molecular flexibility index (Phi) is 4.83. The first-order valence-corrected chi connectivity index (χ1v) is 9.30. The van der Waals surface area contributed by atoms with Crippen LogP contribution in [0.4, 0.5) is 0 Å². The topological polar surface area (TPSA) is 53.7 Å². The number of likely N-dealkylation sites (tertiary alicyclic amines) is 1. The highest BCUT2D eigenvalue weighted by atomic mass is 32.1. The van der Waals surface area contributed by atoms with Gasteiger partial charge in [0.1, 0.15) is 5.75 Å². The third kappa shape index (κ3) is 3.29. The second-order valence-corrected chi connectivity index (χ2v) is 7.13. The Morgan fingerprint density at radius 3 is 2.42 bits per heavy atom. The smallest absolute Gasteiger partial charge is 0.199 e. The van der Waals surface area contributed by atoms with Crippen LogP contribution in [0.1, 0.15) is 12.8 Å². The molecule has 1 aromatic heterocycles. The molecular weight excluding hydrogens is 352 g/mol. The first kappa shape index (κ1) is 17.7. The van der Waals surface area contributed by atoms with Crippen LogP contribution in [0.3, 0.4) is 0 Å². The molecule has 0 bridgehead atoms. The number of ether oxygens (including phenoxy) is 3. The summed E-state index contributed by atoms with van der Waals surface area (Å²) in [5.74, 6) is 1.33. The van der Waals surface area contributed by atoms with Gasteiger partial charge in [-0.3, -0.25) is 4.90 Å². The third-order valence-corrected chi connectivity index (χ3v) is 5.64. The molecule has 140 valence electrons. The minimum Gasteiger partial charge on any atom is -0.497 e. The van der Waals surface area contributed by atoms with Crippen LogP contribution in [0.5, 0.6) is 5.75 Å². The van der Waals surface area contributed by atoms with Crippen molar-refractivity contribution in [1.29, 1.82) is 0 Å². The maximum absolute atomic E-state index is 5.80. The van der Waals surface area contributed by atoms with Crippen molar-refractivity contribution in [2.24, 2.45) is 7.05 Å². The fourth-order valence-corrected chi connectivity index (χ4v) is 3.77. The highest BCUT2D eigenvalue weighted by molar-refractivity contribution is 7.71. The average Bonchev–Trinajstić information content (AvgIpc) is 3.24. The summed E-state index contributed by atoms with van der Waals surface area (Å²) in [6, 6.07) is 7.87. The lowest BCUT2D eigenvalue weighted by Crippen LogP contribution is -2.45. The van der Waals surface area contributed by atoms with Crippen LogP contribution >= 0.6 is 12.2 Å². The molecule has 26 heavy (non-hydrogen) atoms. The van der Waals surface area contributed by atoms with Crippen LogP contribution in [0.15, 0.2) is 24.3 Å². The Bertz CT molecular complexity index is 814. The van der Waals surface area contributed by atoms with Crippen molar-refractivity contribution in [3.8, 4) is 17.1 Å². The van der Waals surface area contributed by atoms with E-state index in [4.69, 9.17) is 31.5 Å². The van der Waals surface area contributed by atoms with E-state index in [9.17, 15) is 0 Å². The van der Waals surface area contributed by atoms with Crippen LogP contribution in [0.2, 0.25) is 0 Å². The Hall–Kier alpha value is -1.74. The van der Waals surface area contributed by atoms with Crippen molar-refractivity contribution in [2.75, 3.05) is 33.4 Å². The van der Waals surface area contributed by atoms with Gasteiger partial charge in [0.05, 0.1) is 27.0 Å². The lowest BCUT2D eigenvalue weighted by molar-refractivity contribution is -0.187. The summed E-state index contributed by atoms with van der Waals surface area (Å²) in [7, 11) is 3.62. The van der Waals surface area contributed by atoms with Gasteiger partial charge in [0.25, 0.3) is 0 Å². The molecule has 2 aliphatic rings. The van der Waals surface area contributed by atoms with E-state index in [1.807, 2.05) is 40.6 Å². The number of nitrogens with zero attached hydrogens (tertiary/aromatic N) is 4. The summed E-state index contributed by atoms with van der Waals surface area (Å²) in [4.78, 5) is 2.34. The largest absolute Gasteiger partial charge is 0.497 e. The summed E-state index contributed by atoms with van der Waals surface area (Å²) < 4.78 is 21.4. The van der Waals surface area contributed by atoms with E-state index in [1.165, 1.54) is 0 Å². The molecule has 3 heterocycles. The minimum absolute atomic E-state index is 0.351. The Morgan fingerprint density at radius 2 is 1.81 bits per heavy atom. The van der Waals surface area contributed by atoms with Crippen molar-refractivity contribution < 1.29 is 14.2 Å². The Labute approximate surface area is 158 Å². The van der Waals surface area contributed by atoms with Crippen molar-refractivity contribution >= 4 is 12.2 Å². The van der Waals surface area contributed by atoms with E-state index < -0.39 is 0 Å². The molecule has 0 aliphatic carbocycles. The van der Waals surface area contributed by atoms with Gasteiger partial charge in [0.15, 0.2) is 16.4 Å². The number of methoxy groups -OCH3 is 1. The van der Waals surface area contributed by atoms with Crippen LogP contribution in [0, 0.1) is 4.77 Å². The van der Waals surface area contributed by atoms with Crippen LogP contribution < -0.4 is 4.74 Å². The van der Waals surface area contributed by atoms with E-state index in [2.05, 4.69) is 4.90 Å². The molecule has 0 N–H and O–H groups in total. The first-order chi connectivity index (χ1) is 12.6. The van der Waals surface area contributed by atoms with Crippen molar-refractivity contribution in [3.63, 3.8) is 0 Å². The molecule has 2 aromatic rings. The monoisotopic (exact) mass is 376 g/mol. The number of hydrogen-bond donors (Lipinski definition) is 0. The van der Waals surface area contributed by atoms with Crippen LogP contribution in [-0.4, -0.2) is 58.4 Å². The molecule has 0 radical (unpaired) electrons. The van der Waals surface area contributed by atoms with Crippen molar-refractivity contribution in [1.82, 2.24) is 19.2 Å². The summed E-state index contributed by atoms with van der Waals surface area (Å²) >= 11 is 5.59. The lowest BCUT2D eigenvalue weighted by Gasteiger charge is -2.37. The van der Waals surface area contributed by atoms with E-state index >= 15 is 0 Å². The van der Waals surface area contributed by atoms with Crippen molar-refractivity contribution in [3.05, 3.63) is 29.0 Å². The van der Waals surface area contributed by atoms with Gasteiger partial charge in [-0.1, -0.05) is 0 Å². The Morgan fingerprint density at radius 1 is 1.15 bits per heavy atom. The molecular formula is C18H24N4O3S. The zero-order valence-electron chi connectivity index (χ0n) is 15.2. The lowest BCUT2D eigenvalue weighted by atomic mass is 10.0. The van der Waals surface area contributed by atoms with Gasteiger partial charge in [-0.15, -0.1) is 0 Å². The molecule has 4 rings (SSSR count). The van der Waals surface area contributed by atoms with E-state index in [0.29, 0.717) is 24.7 Å². The minimum atomic E-state index is -0.351. The van der Waals surface area contributed by atoms with Crippen LogP contribution in [-0.2, 0) is 23.2 Å². The molecule has 2 aliphatic heterocycles. The zero-order chi connectivity index (χ0) is 18.1. The maximum atomic E-state index is 5.80. The van der Waals surface area contributed by atoms with Gasteiger partial charge in [-0.2, -0.15) is 5.10 Å². The summed E-state index contributed by atoms with van der Waals surface area (Å²) in [5.41, 5.74) is 1.02. The van der Waals surface area contributed by atoms with E-state index in [-0.39, 0.29) is 5.79 Å². The van der Waals surface area contributed by atoms with Gasteiger partial charge in [-0.05, 0) is 36.5 Å². The molecule has 0 amide bonds. The normalized spacial score (nSPS) is 19.9. The number of hydrogen-bond acceptors (Lipinski definition) is 6. The highest BCUT2D eigenvalue weighted by Gasteiger charge is 2.39. The second-order valence-electron chi connectivity index (χ2n) is 6.76. The molecule has 0 atom stereocenters. The molecule has 0 unspecified atom stereocenters. The third-order valence-electron chi connectivity index (χ3n) is 5.15. The fourth-order valence-electron chi connectivity index (χ4n) is 3.58. The van der Waals surface area contributed by atoms with Gasteiger partial charge in [-0.25, -0.2) is 4.68 Å². The number of piperidine rings is 1. The average molecular weight is 376 g/mol. The molecule has 0 saturated carbocycles. The SMILES string of the molecule is COc1ccc(-c2nn(CN3CCC4(CC3)OCCO4)c(=S)n2C)cc1. The number of aromatic nitrogens is 3. The van der Waals surface area contributed by atoms with Gasteiger partial charge in [0.2, 0.25) is 0 Å². The molecule has 8 heteroatoms. The second kappa shape index (κ2) is 7.11. The fraction of sp³-hybridized carbons (Fsp3) is 0.556. The summed E-state index contributed by atoms with van der Waals surface area (Å²) in [5, 5.41) is 4.75. The van der Waals surface area contributed by atoms with E-state index in [0.717, 1.165) is 43.1 Å². The standard InChI is InChI=1S/C18H24N4O3S/c1-20-16(14-3-5-15(23-2)6-4-14)19-22(17(20)26)13-21-9-7-18(8-10-21)24-11-12-25-18/h3-6H,7-13H2,1-2H3. The molecule has 1 aromatic carbocycles. The zero-order valence-corrected chi connectivity index (χ0v) is 16.0. The summed E-state index contributed by atoms with van der Waals surface area (Å²) in [6.45, 7) is 3.92. The van der Waals surface area contributed by atoms with Crippen LogP contribution in [0.25, 0.3) is 11.4 Å².